The van der Waals surface area contributed by atoms with Crippen molar-refractivity contribution in [2.45, 2.75) is 13.1 Å². The van der Waals surface area contributed by atoms with E-state index in [0.29, 0.717) is 40.4 Å². The SMILES string of the molecule is CN(Cc1nc(-c2cccc(Cl)c2)no1)Cc1cc([N+](=O)[O-])ccc1Cl. The van der Waals surface area contributed by atoms with Gasteiger partial charge < -0.3 is 4.52 Å². The predicted octanol–water partition coefficient (Wildman–Crippen LogP) is 4.58. The van der Waals surface area contributed by atoms with Crippen LogP contribution in [0.15, 0.2) is 47.0 Å². The van der Waals surface area contributed by atoms with Crippen LogP contribution in [-0.4, -0.2) is 27.0 Å². The van der Waals surface area contributed by atoms with Crippen molar-refractivity contribution in [3.8, 4) is 11.4 Å². The number of hydrogen-bond acceptors (Lipinski definition) is 6. The number of benzene rings is 2. The molecule has 0 atom stereocenters. The van der Waals surface area contributed by atoms with Crippen LogP contribution in [-0.2, 0) is 13.1 Å². The van der Waals surface area contributed by atoms with Crippen molar-refractivity contribution in [3.05, 3.63) is 74.1 Å². The lowest BCUT2D eigenvalue weighted by atomic mass is 10.2. The molecule has 0 amide bonds. The number of halogens is 2. The Morgan fingerprint density at radius 2 is 2.00 bits per heavy atom. The molecule has 26 heavy (non-hydrogen) atoms. The van der Waals surface area contributed by atoms with Gasteiger partial charge in [0.05, 0.1) is 11.5 Å². The van der Waals surface area contributed by atoms with E-state index < -0.39 is 4.92 Å². The first-order valence-corrected chi connectivity index (χ1v) is 8.38. The van der Waals surface area contributed by atoms with Gasteiger partial charge in [0.25, 0.3) is 5.69 Å². The third-order valence-corrected chi connectivity index (χ3v) is 4.24. The van der Waals surface area contributed by atoms with Crippen molar-refractivity contribution in [2.24, 2.45) is 0 Å². The van der Waals surface area contributed by atoms with E-state index in [1.165, 1.54) is 18.2 Å². The van der Waals surface area contributed by atoms with Crippen LogP contribution in [0.1, 0.15) is 11.5 Å². The minimum absolute atomic E-state index is 0.00108. The highest BCUT2D eigenvalue weighted by Gasteiger charge is 2.14. The van der Waals surface area contributed by atoms with E-state index >= 15 is 0 Å². The highest BCUT2D eigenvalue weighted by Crippen LogP contribution is 2.24. The van der Waals surface area contributed by atoms with Crippen LogP contribution in [0, 0.1) is 10.1 Å². The number of rotatable bonds is 6. The number of nitrogens with zero attached hydrogens (tertiary/aromatic N) is 4. The zero-order valence-corrected chi connectivity index (χ0v) is 15.2. The summed E-state index contributed by atoms with van der Waals surface area (Å²) in [6.07, 6.45) is 0. The largest absolute Gasteiger partial charge is 0.338 e. The summed E-state index contributed by atoms with van der Waals surface area (Å²) in [5.74, 6) is 0.869. The van der Waals surface area contributed by atoms with Crippen LogP contribution in [0.2, 0.25) is 10.0 Å². The average Bonchev–Trinajstić information content (AvgIpc) is 3.05. The summed E-state index contributed by atoms with van der Waals surface area (Å²) in [7, 11) is 1.83. The van der Waals surface area contributed by atoms with Crippen LogP contribution in [0.25, 0.3) is 11.4 Å². The average molecular weight is 393 g/mol. The molecule has 3 rings (SSSR count). The fraction of sp³-hybridized carbons (Fsp3) is 0.176. The van der Waals surface area contributed by atoms with Crippen molar-refractivity contribution >= 4 is 28.9 Å². The van der Waals surface area contributed by atoms with Crippen molar-refractivity contribution < 1.29 is 9.45 Å². The number of nitro groups is 1. The number of hydrogen-bond donors (Lipinski definition) is 0. The maximum Gasteiger partial charge on any atom is 0.269 e. The fourth-order valence-corrected chi connectivity index (χ4v) is 2.80. The molecule has 0 spiro atoms. The first-order valence-electron chi connectivity index (χ1n) is 7.62. The molecule has 0 radical (unpaired) electrons. The molecule has 0 aliphatic rings. The highest BCUT2D eigenvalue weighted by atomic mass is 35.5. The smallest absolute Gasteiger partial charge is 0.269 e. The van der Waals surface area contributed by atoms with E-state index in [2.05, 4.69) is 10.1 Å². The molecule has 0 aliphatic carbocycles. The van der Waals surface area contributed by atoms with E-state index in [9.17, 15) is 10.1 Å². The molecule has 0 unspecified atom stereocenters. The van der Waals surface area contributed by atoms with Gasteiger partial charge in [-0.1, -0.05) is 40.5 Å². The highest BCUT2D eigenvalue weighted by molar-refractivity contribution is 6.31. The molecule has 0 saturated carbocycles. The van der Waals surface area contributed by atoms with Crippen molar-refractivity contribution in [1.29, 1.82) is 0 Å². The van der Waals surface area contributed by atoms with E-state index in [-0.39, 0.29) is 5.69 Å². The summed E-state index contributed by atoms with van der Waals surface area (Å²) in [4.78, 5) is 16.7. The maximum atomic E-state index is 10.9. The van der Waals surface area contributed by atoms with Gasteiger partial charge in [-0.2, -0.15) is 4.98 Å². The summed E-state index contributed by atoms with van der Waals surface area (Å²) in [6, 6.07) is 11.5. The molecule has 2 aromatic carbocycles. The van der Waals surface area contributed by atoms with Gasteiger partial charge in [-0.05, 0) is 30.8 Å². The first kappa shape index (κ1) is 18.3. The maximum absolute atomic E-state index is 10.9. The Labute approximate surface area is 159 Å². The molecule has 9 heteroatoms. The molecule has 0 fully saturated rings. The van der Waals surface area contributed by atoms with Crippen molar-refractivity contribution in [2.75, 3.05) is 7.05 Å². The molecular formula is C17H14Cl2N4O3. The Hall–Kier alpha value is -2.48. The van der Waals surface area contributed by atoms with Gasteiger partial charge in [0.1, 0.15) is 0 Å². The molecule has 1 aromatic heterocycles. The zero-order valence-electron chi connectivity index (χ0n) is 13.7. The third-order valence-electron chi connectivity index (χ3n) is 3.64. The Bertz CT molecular complexity index is 945. The molecule has 134 valence electrons. The van der Waals surface area contributed by atoms with Gasteiger partial charge in [0, 0.05) is 34.3 Å². The zero-order chi connectivity index (χ0) is 18.7. The summed E-state index contributed by atoms with van der Waals surface area (Å²) in [5.41, 5.74) is 1.41. The Morgan fingerprint density at radius 3 is 2.73 bits per heavy atom. The van der Waals surface area contributed by atoms with Crippen LogP contribution >= 0.6 is 23.2 Å². The molecule has 0 bridgehead atoms. The van der Waals surface area contributed by atoms with Crippen molar-refractivity contribution in [3.63, 3.8) is 0 Å². The van der Waals surface area contributed by atoms with E-state index in [1.54, 1.807) is 12.1 Å². The molecule has 1 heterocycles. The van der Waals surface area contributed by atoms with Gasteiger partial charge >= 0.3 is 0 Å². The Kier molecular flexibility index (Phi) is 5.51. The molecular weight excluding hydrogens is 379 g/mol. The van der Waals surface area contributed by atoms with E-state index in [1.807, 2.05) is 24.1 Å². The van der Waals surface area contributed by atoms with Gasteiger partial charge in [0.2, 0.25) is 11.7 Å². The predicted molar refractivity (Wildman–Crippen MR) is 98.0 cm³/mol. The normalized spacial score (nSPS) is 11.1. The Balaban J connectivity index is 1.70. The quantitative estimate of drug-likeness (QED) is 0.450. The third kappa shape index (κ3) is 4.37. The molecule has 0 aliphatic heterocycles. The standard InChI is InChI=1S/C17H14Cl2N4O3/c1-22(9-12-8-14(23(24)25)5-6-15(12)19)10-16-20-17(21-26-16)11-3-2-4-13(18)7-11/h2-8H,9-10H2,1H3. The topological polar surface area (TPSA) is 85.3 Å². The van der Waals surface area contributed by atoms with Crippen LogP contribution < -0.4 is 0 Å². The van der Waals surface area contributed by atoms with Gasteiger partial charge in [0.15, 0.2) is 0 Å². The number of non-ortho nitro benzene ring substituents is 1. The summed E-state index contributed by atoms with van der Waals surface area (Å²) >= 11 is 12.1. The molecule has 7 nitrogen and oxygen atoms in total. The lowest BCUT2D eigenvalue weighted by molar-refractivity contribution is -0.384. The number of aromatic nitrogens is 2. The second-order valence-corrected chi connectivity index (χ2v) is 6.57. The number of nitro benzene ring substituents is 1. The van der Waals surface area contributed by atoms with Crippen LogP contribution in [0.3, 0.4) is 0 Å². The minimum Gasteiger partial charge on any atom is -0.338 e. The summed E-state index contributed by atoms with van der Waals surface area (Å²) < 4.78 is 5.27. The first-order chi connectivity index (χ1) is 12.4. The van der Waals surface area contributed by atoms with Crippen LogP contribution in [0.4, 0.5) is 5.69 Å². The lowest BCUT2D eigenvalue weighted by Gasteiger charge is -2.15. The Morgan fingerprint density at radius 1 is 1.19 bits per heavy atom. The fourth-order valence-electron chi connectivity index (χ4n) is 2.44. The monoisotopic (exact) mass is 392 g/mol. The van der Waals surface area contributed by atoms with E-state index in [0.717, 1.165) is 5.56 Å². The van der Waals surface area contributed by atoms with Crippen LogP contribution in [0.5, 0.6) is 0 Å². The lowest BCUT2D eigenvalue weighted by Crippen LogP contribution is -2.17. The van der Waals surface area contributed by atoms with Crippen molar-refractivity contribution in [1.82, 2.24) is 15.0 Å². The van der Waals surface area contributed by atoms with Gasteiger partial charge in [-0.15, -0.1) is 0 Å². The summed E-state index contributed by atoms with van der Waals surface area (Å²) in [5, 5.41) is 15.9. The molecule has 3 aromatic rings. The molecule has 0 saturated heterocycles. The second-order valence-electron chi connectivity index (χ2n) is 5.73. The van der Waals surface area contributed by atoms with Gasteiger partial charge in [-0.25, -0.2) is 0 Å². The second kappa shape index (κ2) is 7.82. The molecule has 0 N–H and O–H groups in total. The van der Waals surface area contributed by atoms with E-state index in [4.69, 9.17) is 27.7 Å². The summed E-state index contributed by atoms with van der Waals surface area (Å²) in [6.45, 7) is 0.766. The minimum atomic E-state index is -0.449. The van der Waals surface area contributed by atoms with Gasteiger partial charge in [-0.3, -0.25) is 15.0 Å².